The Kier molecular flexibility index (Phi) is 5.26. The van der Waals surface area contributed by atoms with Gasteiger partial charge in [-0.1, -0.05) is 6.07 Å². The molecule has 0 bridgehead atoms. The lowest BCUT2D eigenvalue weighted by molar-refractivity contribution is -0.121. The Balaban J connectivity index is 1.62. The first-order valence-electron chi connectivity index (χ1n) is 7.78. The van der Waals surface area contributed by atoms with Crippen LogP contribution in [0, 0.1) is 11.6 Å². The van der Waals surface area contributed by atoms with Crippen LogP contribution in [0.5, 0.6) is 11.6 Å². The molecule has 1 saturated heterocycles. The number of amides is 2. The number of cyclic esters (lactones) is 1. The normalized spacial score (nSPS) is 13.5. The molecule has 0 saturated carbocycles. The van der Waals surface area contributed by atoms with Crippen molar-refractivity contribution >= 4 is 12.0 Å². The lowest BCUT2D eigenvalue weighted by Gasteiger charge is -2.14. The van der Waals surface area contributed by atoms with Crippen molar-refractivity contribution in [3.8, 4) is 11.6 Å². The fraction of sp³-hybridized carbons (Fsp3) is 0.235. The van der Waals surface area contributed by atoms with Crippen molar-refractivity contribution in [2.45, 2.75) is 6.54 Å². The Morgan fingerprint density at radius 2 is 2.15 bits per heavy atom. The van der Waals surface area contributed by atoms with Crippen molar-refractivity contribution in [1.29, 1.82) is 0 Å². The molecule has 0 aliphatic carbocycles. The molecule has 0 spiro atoms. The van der Waals surface area contributed by atoms with E-state index in [9.17, 15) is 18.4 Å². The van der Waals surface area contributed by atoms with Crippen molar-refractivity contribution in [2.24, 2.45) is 0 Å². The number of halogens is 2. The highest BCUT2D eigenvalue weighted by Gasteiger charge is 2.24. The first kappa shape index (κ1) is 17.6. The number of nitrogens with zero attached hydrogens (tertiary/aromatic N) is 2. The first-order chi connectivity index (χ1) is 12.5. The highest BCUT2D eigenvalue weighted by molar-refractivity contribution is 5.82. The number of carbonyl (C=O) groups excluding carboxylic acids is 2. The molecule has 1 aromatic heterocycles. The summed E-state index contributed by atoms with van der Waals surface area (Å²) < 4.78 is 36.5. The van der Waals surface area contributed by atoms with E-state index in [1.165, 1.54) is 17.2 Å². The molecule has 2 amide bonds. The fourth-order valence-corrected chi connectivity index (χ4v) is 2.29. The molecule has 0 radical (unpaired) electrons. The zero-order valence-corrected chi connectivity index (χ0v) is 13.6. The van der Waals surface area contributed by atoms with Gasteiger partial charge in [0.1, 0.15) is 18.9 Å². The molecule has 3 rings (SSSR count). The average molecular weight is 363 g/mol. The summed E-state index contributed by atoms with van der Waals surface area (Å²) >= 11 is 0. The smallest absolute Gasteiger partial charge is 0.410 e. The predicted octanol–water partition coefficient (Wildman–Crippen LogP) is 2.22. The molecule has 1 aliphatic heterocycles. The van der Waals surface area contributed by atoms with E-state index in [4.69, 9.17) is 9.47 Å². The number of pyridine rings is 1. The maximum atomic E-state index is 13.3. The van der Waals surface area contributed by atoms with Crippen LogP contribution < -0.4 is 10.1 Å². The van der Waals surface area contributed by atoms with Gasteiger partial charge in [-0.3, -0.25) is 9.69 Å². The van der Waals surface area contributed by atoms with E-state index in [1.807, 2.05) is 0 Å². The summed E-state index contributed by atoms with van der Waals surface area (Å²) in [6.45, 7) is 0.609. The number of ether oxygens (including phenoxy) is 2. The van der Waals surface area contributed by atoms with Crippen LogP contribution >= 0.6 is 0 Å². The first-order valence-corrected chi connectivity index (χ1v) is 7.78. The minimum atomic E-state index is -1.04. The highest BCUT2D eigenvalue weighted by Crippen LogP contribution is 2.24. The van der Waals surface area contributed by atoms with Gasteiger partial charge in [0.2, 0.25) is 11.8 Å². The number of carbonyl (C=O) groups is 2. The van der Waals surface area contributed by atoms with E-state index in [2.05, 4.69) is 10.3 Å². The van der Waals surface area contributed by atoms with Crippen molar-refractivity contribution in [2.75, 3.05) is 19.7 Å². The van der Waals surface area contributed by atoms with Crippen LogP contribution in [0.4, 0.5) is 13.6 Å². The van der Waals surface area contributed by atoms with Gasteiger partial charge in [-0.15, -0.1) is 0 Å². The molecule has 26 heavy (non-hydrogen) atoms. The highest BCUT2D eigenvalue weighted by atomic mass is 19.2. The molecule has 1 fully saturated rings. The van der Waals surface area contributed by atoms with Gasteiger partial charge in [0.15, 0.2) is 11.6 Å². The quantitative estimate of drug-likeness (QED) is 0.851. The zero-order chi connectivity index (χ0) is 18.5. The number of hydrogen-bond donors (Lipinski definition) is 1. The summed E-state index contributed by atoms with van der Waals surface area (Å²) in [4.78, 5) is 28.6. The minimum Gasteiger partial charge on any atom is -0.448 e. The Morgan fingerprint density at radius 3 is 2.88 bits per heavy atom. The molecule has 2 heterocycles. The van der Waals surface area contributed by atoms with Gasteiger partial charge in [0, 0.05) is 24.4 Å². The average Bonchev–Trinajstić information content (AvgIpc) is 3.02. The number of rotatable bonds is 6. The predicted molar refractivity (Wildman–Crippen MR) is 85.4 cm³/mol. The molecule has 0 atom stereocenters. The third kappa shape index (κ3) is 4.24. The van der Waals surface area contributed by atoms with Gasteiger partial charge in [-0.2, -0.15) is 0 Å². The van der Waals surface area contributed by atoms with Crippen LogP contribution in [-0.2, 0) is 16.1 Å². The van der Waals surface area contributed by atoms with E-state index in [0.717, 1.165) is 12.1 Å². The van der Waals surface area contributed by atoms with Gasteiger partial charge in [0.05, 0.1) is 6.54 Å². The molecular formula is C17H15F2N3O4. The summed E-state index contributed by atoms with van der Waals surface area (Å²) in [5, 5.41) is 2.65. The Bertz CT molecular complexity index is 831. The summed E-state index contributed by atoms with van der Waals surface area (Å²) in [7, 11) is 0. The Labute approximate surface area is 147 Å². The fourth-order valence-electron chi connectivity index (χ4n) is 2.29. The third-order valence-electron chi connectivity index (χ3n) is 3.61. The molecule has 7 nitrogen and oxygen atoms in total. The maximum absolute atomic E-state index is 13.3. The van der Waals surface area contributed by atoms with Crippen molar-refractivity contribution < 1.29 is 27.8 Å². The number of nitrogens with one attached hydrogen (secondary N) is 1. The Morgan fingerprint density at radius 1 is 1.31 bits per heavy atom. The largest absolute Gasteiger partial charge is 0.448 e. The van der Waals surface area contributed by atoms with Gasteiger partial charge in [-0.05, 0) is 18.2 Å². The van der Waals surface area contributed by atoms with E-state index in [-0.39, 0.29) is 37.2 Å². The van der Waals surface area contributed by atoms with Crippen LogP contribution in [0.3, 0.4) is 0 Å². The molecule has 136 valence electrons. The molecule has 9 heteroatoms. The second kappa shape index (κ2) is 7.77. The number of aromatic nitrogens is 1. The number of hydrogen-bond acceptors (Lipinski definition) is 5. The zero-order valence-electron chi connectivity index (χ0n) is 13.6. The molecule has 1 aliphatic rings. The minimum absolute atomic E-state index is 0.0787. The summed E-state index contributed by atoms with van der Waals surface area (Å²) in [6.07, 6.45) is 0.949. The van der Waals surface area contributed by atoms with Crippen LogP contribution in [0.15, 0.2) is 36.5 Å². The van der Waals surface area contributed by atoms with Gasteiger partial charge in [-0.25, -0.2) is 18.6 Å². The molecule has 0 unspecified atom stereocenters. The van der Waals surface area contributed by atoms with E-state index in [1.54, 1.807) is 12.1 Å². The van der Waals surface area contributed by atoms with Gasteiger partial charge in [0.25, 0.3) is 0 Å². The molecule has 2 aromatic rings. The standard InChI is InChI=1S/C17H15F2N3O4/c18-13-4-3-12(8-14(13)19)26-16-11(2-1-5-20-16)9-21-15(23)10-22-6-7-25-17(22)24/h1-5,8H,6-7,9-10H2,(H,21,23). The molecule has 1 aromatic carbocycles. The van der Waals surface area contributed by atoms with Crippen molar-refractivity contribution in [3.05, 3.63) is 53.7 Å². The Hall–Kier alpha value is -3.23. The lowest BCUT2D eigenvalue weighted by atomic mass is 10.2. The van der Waals surface area contributed by atoms with Gasteiger partial charge >= 0.3 is 6.09 Å². The van der Waals surface area contributed by atoms with E-state index < -0.39 is 17.7 Å². The van der Waals surface area contributed by atoms with Crippen LogP contribution in [0.2, 0.25) is 0 Å². The topological polar surface area (TPSA) is 80.8 Å². The van der Waals surface area contributed by atoms with E-state index >= 15 is 0 Å². The second-order valence-corrected chi connectivity index (χ2v) is 5.46. The third-order valence-corrected chi connectivity index (χ3v) is 3.61. The maximum Gasteiger partial charge on any atom is 0.410 e. The summed E-state index contributed by atoms with van der Waals surface area (Å²) in [5.74, 6) is -2.15. The molecular weight excluding hydrogens is 348 g/mol. The van der Waals surface area contributed by atoms with Crippen LogP contribution in [0.1, 0.15) is 5.56 Å². The summed E-state index contributed by atoms with van der Waals surface area (Å²) in [5.41, 5.74) is 0.537. The summed E-state index contributed by atoms with van der Waals surface area (Å²) in [6, 6.07) is 6.45. The van der Waals surface area contributed by atoms with E-state index in [0.29, 0.717) is 12.1 Å². The van der Waals surface area contributed by atoms with Gasteiger partial charge < -0.3 is 14.8 Å². The van der Waals surface area contributed by atoms with Crippen molar-refractivity contribution in [3.63, 3.8) is 0 Å². The number of benzene rings is 1. The molecule has 1 N–H and O–H groups in total. The van der Waals surface area contributed by atoms with Crippen LogP contribution in [-0.4, -0.2) is 41.6 Å². The SMILES string of the molecule is O=C(CN1CCOC1=O)NCc1cccnc1Oc1ccc(F)c(F)c1. The monoisotopic (exact) mass is 363 g/mol. The van der Waals surface area contributed by atoms with Crippen LogP contribution in [0.25, 0.3) is 0 Å². The lowest BCUT2D eigenvalue weighted by Crippen LogP contribution is -2.37. The second-order valence-electron chi connectivity index (χ2n) is 5.46. The van der Waals surface area contributed by atoms with Crippen molar-refractivity contribution in [1.82, 2.24) is 15.2 Å².